The SMILES string of the molecule is CN(CC(=O)NC1(CC(=O)O)CCCC1)C(=O)c1cccs1. The van der Waals surface area contributed by atoms with Crippen molar-refractivity contribution in [3.05, 3.63) is 22.4 Å². The van der Waals surface area contributed by atoms with E-state index in [-0.39, 0.29) is 24.8 Å². The molecule has 0 unspecified atom stereocenters. The highest BCUT2D eigenvalue weighted by Gasteiger charge is 2.37. The van der Waals surface area contributed by atoms with Crippen LogP contribution in [0.2, 0.25) is 0 Å². The summed E-state index contributed by atoms with van der Waals surface area (Å²) in [6.07, 6.45) is 3.11. The minimum Gasteiger partial charge on any atom is -0.481 e. The molecule has 1 aliphatic rings. The van der Waals surface area contributed by atoms with Crippen molar-refractivity contribution in [3.8, 4) is 0 Å². The molecule has 22 heavy (non-hydrogen) atoms. The number of nitrogens with one attached hydrogen (secondary N) is 1. The van der Waals surface area contributed by atoms with Gasteiger partial charge in [0.1, 0.15) is 0 Å². The number of hydrogen-bond acceptors (Lipinski definition) is 4. The van der Waals surface area contributed by atoms with Crippen molar-refractivity contribution in [1.29, 1.82) is 0 Å². The lowest BCUT2D eigenvalue weighted by Gasteiger charge is -2.29. The van der Waals surface area contributed by atoms with Gasteiger partial charge in [-0.3, -0.25) is 14.4 Å². The minimum atomic E-state index is -0.912. The second-order valence-electron chi connectivity index (χ2n) is 5.74. The van der Waals surface area contributed by atoms with E-state index in [0.29, 0.717) is 17.7 Å². The van der Waals surface area contributed by atoms with E-state index in [1.165, 1.54) is 16.2 Å². The first kappa shape index (κ1) is 16.5. The van der Waals surface area contributed by atoms with Crippen LogP contribution >= 0.6 is 11.3 Å². The van der Waals surface area contributed by atoms with Gasteiger partial charge in [-0.2, -0.15) is 0 Å². The predicted octanol–water partition coefficient (Wildman–Crippen LogP) is 1.72. The molecule has 0 saturated heterocycles. The highest BCUT2D eigenvalue weighted by atomic mass is 32.1. The molecule has 0 aliphatic heterocycles. The zero-order valence-corrected chi connectivity index (χ0v) is 13.3. The maximum Gasteiger partial charge on any atom is 0.305 e. The van der Waals surface area contributed by atoms with Gasteiger partial charge in [0.25, 0.3) is 5.91 Å². The summed E-state index contributed by atoms with van der Waals surface area (Å²) < 4.78 is 0. The number of hydrogen-bond donors (Lipinski definition) is 2. The van der Waals surface area contributed by atoms with Crippen LogP contribution in [0.25, 0.3) is 0 Å². The fourth-order valence-corrected chi connectivity index (χ4v) is 3.62. The summed E-state index contributed by atoms with van der Waals surface area (Å²) in [5.41, 5.74) is -0.657. The fraction of sp³-hybridized carbons (Fsp3) is 0.533. The standard InChI is InChI=1S/C15H20N2O4S/c1-17(14(21)11-5-4-8-22-11)10-12(18)16-15(9-13(19)20)6-2-3-7-15/h4-5,8H,2-3,6-7,9-10H2,1H3,(H,16,18)(H,19,20). The zero-order chi connectivity index (χ0) is 16.2. The number of thiophene rings is 1. The molecular formula is C15H20N2O4S. The maximum absolute atomic E-state index is 12.2. The van der Waals surface area contributed by atoms with Gasteiger partial charge < -0.3 is 15.3 Å². The maximum atomic E-state index is 12.2. The van der Waals surface area contributed by atoms with Gasteiger partial charge in [0.05, 0.1) is 23.4 Å². The van der Waals surface area contributed by atoms with Crippen LogP contribution in [0, 0.1) is 0 Å². The molecule has 120 valence electrons. The van der Waals surface area contributed by atoms with Gasteiger partial charge in [-0.15, -0.1) is 11.3 Å². The second-order valence-corrected chi connectivity index (χ2v) is 6.69. The molecule has 1 saturated carbocycles. The summed E-state index contributed by atoms with van der Waals surface area (Å²) in [7, 11) is 1.57. The Morgan fingerprint density at radius 3 is 2.59 bits per heavy atom. The Hall–Kier alpha value is -1.89. The summed E-state index contributed by atoms with van der Waals surface area (Å²) in [6, 6.07) is 3.50. The molecule has 1 aromatic rings. The van der Waals surface area contributed by atoms with Crippen molar-refractivity contribution in [2.45, 2.75) is 37.6 Å². The van der Waals surface area contributed by atoms with E-state index in [9.17, 15) is 14.4 Å². The molecule has 0 aromatic carbocycles. The van der Waals surface area contributed by atoms with Crippen molar-refractivity contribution in [1.82, 2.24) is 10.2 Å². The van der Waals surface area contributed by atoms with Gasteiger partial charge in [0, 0.05) is 7.05 Å². The number of rotatable bonds is 6. The number of carbonyl (C=O) groups excluding carboxylic acids is 2. The number of carbonyl (C=O) groups is 3. The molecule has 0 bridgehead atoms. The lowest BCUT2D eigenvalue weighted by atomic mass is 9.93. The molecule has 0 spiro atoms. The first-order valence-corrected chi connectivity index (χ1v) is 8.12. The zero-order valence-electron chi connectivity index (χ0n) is 12.5. The van der Waals surface area contributed by atoms with Crippen LogP contribution in [-0.4, -0.2) is 46.9 Å². The van der Waals surface area contributed by atoms with Crippen LogP contribution in [0.15, 0.2) is 17.5 Å². The second kappa shape index (κ2) is 6.91. The lowest BCUT2D eigenvalue weighted by molar-refractivity contribution is -0.139. The summed E-state index contributed by atoms with van der Waals surface area (Å²) in [5.74, 6) is -1.43. The van der Waals surface area contributed by atoms with Crippen molar-refractivity contribution in [2.24, 2.45) is 0 Å². The molecule has 2 rings (SSSR count). The van der Waals surface area contributed by atoms with Gasteiger partial charge in [0.2, 0.25) is 5.91 Å². The molecule has 0 radical (unpaired) electrons. The summed E-state index contributed by atoms with van der Waals surface area (Å²) >= 11 is 1.33. The van der Waals surface area contributed by atoms with Crippen LogP contribution in [0.3, 0.4) is 0 Å². The topological polar surface area (TPSA) is 86.7 Å². The van der Waals surface area contributed by atoms with Gasteiger partial charge in [0.15, 0.2) is 0 Å². The monoisotopic (exact) mass is 324 g/mol. The average Bonchev–Trinajstić information content (AvgIpc) is 3.08. The van der Waals surface area contributed by atoms with Gasteiger partial charge in [-0.1, -0.05) is 18.9 Å². The number of nitrogens with zero attached hydrogens (tertiary/aromatic N) is 1. The Balaban J connectivity index is 1.93. The molecule has 2 amide bonds. The Morgan fingerprint density at radius 1 is 1.36 bits per heavy atom. The van der Waals surface area contributed by atoms with Crippen molar-refractivity contribution in [3.63, 3.8) is 0 Å². The van der Waals surface area contributed by atoms with E-state index in [1.807, 2.05) is 5.38 Å². The first-order valence-electron chi connectivity index (χ1n) is 7.24. The van der Waals surface area contributed by atoms with Gasteiger partial charge >= 0.3 is 5.97 Å². The number of carboxylic acid groups (broad SMARTS) is 1. The first-order chi connectivity index (χ1) is 10.4. The third kappa shape index (κ3) is 4.07. The van der Waals surface area contributed by atoms with Crippen LogP contribution in [-0.2, 0) is 9.59 Å². The fourth-order valence-electron chi connectivity index (χ4n) is 2.90. The van der Waals surface area contributed by atoms with Gasteiger partial charge in [-0.25, -0.2) is 0 Å². The molecule has 6 nitrogen and oxygen atoms in total. The molecule has 2 N–H and O–H groups in total. The van der Waals surface area contributed by atoms with Crippen LogP contribution in [0.4, 0.5) is 0 Å². The Morgan fingerprint density at radius 2 is 2.05 bits per heavy atom. The van der Waals surface area contributed by atoms with Crippen molar-refractivity contribution in [2.75, 3.05) is 13.6 Å². The molecular weight excluding hydrogens is 304 g/mol. The van der Waals surface area contributed by atoms with E-state index < -0.39 is 11.5 Å². The number of aliphatic carboxylic acids is 1. The summed E-state index contributed by atoms with van der Waals surface area (Å²) in [5, 5.41) is 13.7. The highest BCUT2D eigenvalue weighted by molar-refractivity contribution is 7.12. The number of carboxylic acids is 1. The average molecular weight is 324 g/mol. The minimum absolute atomic E-state index is 0.0681. The summed E-state index contributed by atoms with van der Waals surface area (Å²) in [6.45, 7) is -0.0713. The Kier molecular flexibility index (Phi) is 5.18. The molecule has 0 atom stereocenters. The van der Waals surface area contributed by atoms with E-state index in [0.717, 1.165) is 12.8 Å². The molecule has 7 heteroatoms. The van der Waals surface area contributed by atoms with Crippen molar-refractivity contribution >= 4 is 29.1 Å². The quantitative estimate of drug-likeness (QED) is 0.834. The molecule has 1 aliphatic carbocycles. The van der Waals surface area contributed by atoms with E-state index >= 15 is 0 Å². The van der Waals surface area contributed by atoms with E-state index in [4.69, 9.17) is 5.11 Å². The van der Waals surface area contributed by atoms with Crippen LogP contribution in [0.1, 0.15) is 41.8 Å². The Bertz CT molecular complexity index is 550. The third-order valence-corrected chi connectivity index (χ3v) is 4.77. The van der Waals surface area contributed by atoms with Crippen molar-refractivity contribution < 1.29 is 19.5 Å². The molecule has 1 aromatic heterocycles. The lowest BCUT2D eigenvalue weighted by Crippen LogP contribution is -2.51. The van der Waals surface area contributed by atoms with E-state index in [2.05, 4.69) is 5.32 Å². The Labute approximate surface area is 133 Å². The largest absolute Gasteiger partial charge is 0.481 e. The number of amides is 2. The molecule has 1 fully saturated rings. The van der Waals surface area contributed by atoms with E-state index in [1.54, 1.807) is 19.2 Å². The normalized spacial score (nSPS) is 16.2. The highest BCUT2D eigenvalue weighted by Crippen LogP contribution is 2.32. The summed E-state index contributed by atoms with van der Waals surface area (Å²) in [4.78, 5) is 37.2. The molecule has 1 heterocycles. The van der Waals surface area contributed by atoms with Crippen LogP contribution < -0.4 is 5.32 Å². The predicted molar refractivity (Wildman–Crippen MR) is 82.9 cm³/mol. The van der Waals surface area contributed by atoms with Crippen LogP contribution in [0.5, 0.6) is 0 Å². The third-order valence-electron chi connectivity index (χ3n) is 3.91. The number of likely N-dealkylation sites (N-methyl/N-ethyl adjacent to an activating group) is 1. The smallest absolute Gasteiger partial charge is 0.305 e. The van der Waals surface area contributed by atoms with Gasteiger partial charge in [-0.05, 0) is 24.3 Å².